The van der Waals surface area contributed by atoms with Gasteiger partial charge in [-0.3, -0.25) is 14.4 Å². The average molecular weight is 229 g/mol. The third-order valence-corrected chi connectivity index (χ3v) is 1.81. The van der Waals surface area contributed by atoms with Crippen molar-refractivity contribution in [3.05, 3.63) is 0 Å². The number of nitrogens with one attached hydrogen (secondary N) is 3. The van der Waals surface area contributed by atoms with E-state index in [1.54, 1.807) is 13.8 Å². The Morgan fingerprint density at radius 1 is 1.06 bits per heavy atom. The molecule has 0 saturated heterocycles. The molecule has 0 aromatic carbocycles. The van der Waals surface area contributed by atoms with Crippen molar-refractivity contribution in [1.29, 1.82) is 0 Å². The largest absolute Gasteiger partial charge is 0.356 e. The van der Waals surface area contributed by atoms with E-state index < -0.39 is 6.04 Å². The molecule has 1 atom stereocenters. The molecule has 0 saturated carbocycles. The van der Waals surface area contributed by atoms with Crippen molar-refractivity contribution in [2.75, 3.05) is 13.1 Å². The topological polar surface area (TPSA) is 87.3 Å². The lowest BCUT2D eigenvalue weighted by atomic mass is 10.1. The van der Waals surface area contributed by atoms with Crippen LogP contribution < -0.4 is 16.0 Å². The lowest BCUT2D eigenvalue weighted by Gasteiger charge is -2.16. The van der Waals surface area contributed by atoms with Gasteiger partial charge >= 0.3 is 0 Å². The fourth-order valence-corrected chi connectivity index (χ4v) is 1.21. The molecule has 0 aromatic rings. The summed E-state index contributed by atoms with van der Waals surface area (Å²) in [5.41, 5.74) is 0. The maximum absolute atomic E-state index is 11.5. The highest BCUT2D eigenvalue weighted by atomic mass is 16.2. The molecule has 6 heteroatoms. The van der Waals surface area contributed by atoms with Gasteiger partial charge in [0.05, 0.1) is 6.42 Å². The monoisotopic (exact) mass is 229 g/mol. The van der Waals surface area contributed by atoms with Crippen LogP contribution in [-0.4, -0.2) is 36.9 Å². The normalized spacial score (nSPS) is 11.4. The Kier molecular flexibility index (Phi) is 6.91. The molecule has 0 aromatic heterocycles. The first-order valence-electron chi connectivity index (χ1n) is 5.32. The molecular weight excluding hydrogens is 210 g/mol. The summed E-state index contributed by atoms with van der Waals surface area (Å²) in [5, 5.41) is 7.58. The Balaban J connectivity index is 4.36. The van der Waals surface area contributed by atoms with Crippen LogP contribution >= 0.6 is 0 Å². The highest BCUT2D eigenvalue weighted by molar-refractivity contribution is 5.91. The Bertz CT molecular complexity index is 266. The summed E-state index contributed by atoms with van der Waals surface area (Å²) in [6.07, 6.45) is -0.0424. The molecule has 3 N–H and O–H groups in total. The van der Waals surface area contributed by atoms with E-state index >= 15 is 0 Å². The Labute approximate surface area is 95.2 Å². The molecule has 3 amide bonds. The second kappa shape index (κ2) is 7.67. The van der Waals surface area contributed by atoms with Gasteiger partial charge in [-0.05, 0) is 13.8 Å². The zero-order chi connectivity index (χ0) is 12.6. The van der Waals surface area contributed by atoms with Crippen molar-refractivity contribution in [3.8, 4) is 0 Å². The maximum Gasteiger partial charge on any atom is 0.243 e. The van der Waals surface area contributed by atoms with Crippen LogP contribution in [0.5, 0.6) is 0 Å². The third kappa shape index (κ3) is 6.00. The van der Waals surface area contributed by atoms with Crippen molar-refractivity contribution in [1.82, 2.24) is 16.0 Å². The van der Waals surface area contributed by atoms with E-state index in [1.165, 1.54) is 6.92 Å². The van der Waals surface area contributed by atoms with Crippen molar-refractivity contribution >= 4 is 17.7 Å². The SMILES string of the molecule is CCNC(=O)CC(NC(C)=O)C(=O)NCC. The minimum absolute atomic E-state index is 0.0424. The van der Waals surface area contributed by atoms with E-state index in [4.69, 9.17) is 0 Å². The van der Waals surface area contributed by atoms with Gasteiger partial charge in [-0.25, -0.2) is 0 Å². The molecule has 1 unspecified atom stereocenters. The van der Waals surface area contributed by atoms with Crippen LogP contribution in [0, 0.1) is 0 Å². The highest BCUT2D eigenvalue weighted by Gasteiger charge is 2.21. The van der Waals surface area contributed by atoms with Crippen LogP contribution in [0.25, 0.3) is 0 Å². The molecule has 0 bridgehead atoms. The lowest BCUT2D eigenvalue weighted by Crippen LogP contribution is -2.48. The maximum atomic E-state index is 11.5. The first-order valence-corrected chi connectivity index (χ1v) is 5.32. The number of hydrogen-bond donors (Lipinski definition) is 3. The van der Waals surface area contributed by atoms with E-state index in [2.05, 4.69) is 16.0 Å². The molecule has 6 nitrogen and oxygen atoms in total. The number of amides is 3. The molecular formula is C10H19N3O3. The summed E-state index contributed by atoms with van der Waals surface area (Å²) in [6, 6.07) is -0.802. The highest BCUT2D eigenvalue weighted by Crippen LogP contribution is 1.93. The third-order valence-electron chi connectivity index (χ3n) is 1.81. The number of carbonyl (C=O) groups excluding carboxylic acids is 3. The van der Waals surface area contributed by atoms with Crippen LogP contribution in [-0.2, 0) is 14.4 Å². The Morgan fingerprint density at radius 3 is 2.06 bits per heavy atom. The zero-order valence-corrected chi connectivity index (χ0v) is 9.92. The average Bonchev–Trinajstić information content (AvgIpc) is 2.16. The standard InChI is InChI=1S/C10H19N3O3/c1-4-11-9(15)6-8(13-7(3)14)10(16)12-5-2/h8H,4-6H2,1-3H3,(H,11,15)(H,12,16)(H,13,14). The van der Waals surface area contributed by atoms with Crippen molar-refractivity contribution < 1.29 is 14.4 Å². The summed E-state index contributed by atoms with van der Waals surface area (Å²) < 4.78 is 0. The van der Waals surface area contributed by atoms with Gasteiger partial charge in [0.1, 0.15) is 6.04 Å². The molecule has 0 fully saturated rings. The molecule has 0 spiro atoms. The fraction of sp³-hybridized carbons (Fsp3) is 0.700. The van der Waals surface area contributed by atoms with E-state index in [1.807, 2.05) is 0 Å². The quantitative estimate of drug-likeness (QED) is 0.554. The van der Waals surface area contributed by atoms with Gasteiger partial charge in [-0.15, -0.1) is 0 Å². The summed E-state index contributed by atoms with van der Waals surface area (Å²) in [4.78, 5) is 33.7. The Hall–Kier alpha value is -1.59. The molecule has 0 heterocycles. The van der Waals surface area contributed by atoms with Crippen molar-refractivity contribution in [2.24, 2.45) is 0 Å². The molecule has 16 heavy (non-hydrogen) atoms. The van der Waals surface area contributed by atoms with Crippen LogP contribution in [0.4, 0.5) is 0 Å². The number of likely N-dealkylation sites (N-methyl/N-ethyl adjacent to an activating group) is 1. The first-order chi connectivity index (χ1) is 7.51. The predicted octanol–water partition coefficient (Wildman–Crippen LogP) is -0.847. The second-order valence-electron chi connectivity index (χ2n) is 3.31. The van der Waals surface area contributed by atoms with E-state index in [0.717, 1.165) is 0 Å². The lowest BCUT2D eigenvalue weighted by molar-refractivity contribution is -0.131. The van der Waals surface area contributed by atoms with Gasteiger partial charge in [-0.2, -0.15) is 0 Å². The number of carbonyl (C=O) groups is 3. The Morgan fingerprint density at radius 2 is 1.62 bits per heavy atom. The van der Waals surface area contributed by atoms with Crippen LogP contribution in [0.15, 0.2) is 0 Å². The molecule has 0 aliphatic carbocycles. The zero-order valence-electron chi connectivity index (χ0n) is 9.92. The summed E-state index contributed by atoms with van der Waals surface area (Å²) >= 11 is 0. The van der Waals surface area contributed by atoms with E-state index in [9.17, 15) is 14.4 Å². The fourth-order valence-electron chi connectivity index (χ4n) is 1.21. The summed E-state index contributed by atoms with van der Waals surface area (Å²) in [5.74, 6) is -0.933. The summed E-state index contributed by atoms with van der Waals surface area (Å²) in [6.45, 7) is 5.83. The molecule has 0 aliphatic rings. The van der Waals surface area contributed by atoms with Gasteiger partial charge in [0.25, 0.3) is 0 Å². The molecule has 0 radical (unpaired) electrons. The van der Waals surface area contributed by atoms with Gasteiger partial charge in [0.15, 0.2) is 0 Å². The van der Waals surface area contributed by atoms with Gasteiger partial charge in [-0.1, -0.05) is 0 Å². The second-order valence-corrected chi connectivity index (χ2v) is 3.31. The van der Waals surface area contributed by atoms with Crippen molar-refractivity contribution in [2.45, 2.75) is 33.2 Å². The van der Waals surface area contributed by atoms with Crippen LogP contribution in [0.3, 0.4) is 0 Å². The minimum Gasteiger partial charge on any atom is -0.356 e. The first kappa shape index (κ1) is 14.4. The molecule has 0 rings (SSSR count). The predicted molar refractivity (Wildman–Crippen MR) is 59.6 cm³/mol. The number of rotatable bonds is 6. The van der Waals surface area contributed by atoms with Gasteiger partial charge in [0, 0.05) is 20.0 Å². The van der Waals surface area contributed by atoms with E-state index in [0.29, 0.717) is 13.1 Å². The van der Waals surface area contributed by atoms with Crippen molar-refractivity contribution in [3.63, 3.8) is 0 Å². The molecule has 92 valence electrons. The van der Waals surface area contributed by atoms with Crippen LogP contribution in [0.2, 0.25) is 0 Å². The minimum atomic E-state index is -0.802. The number of hydrogen-bond acceptors (Lipinski definition) is 3. The van der Waals surface area contributed by atoms with E-state index in [-0.39, 0.29) is 24.1 Å². The van der Waals surface area contributed by atoms with Crippen LogP contribution in [0.1, 0.15) is 27.2 Å². The van der Waals surface area contributed by atoms with Gasteiger partial charge < -0.3 is 16.0 Å². The molecule has 0 aliphatic heterocycles. The summed E-state index contributed by atoms with van der Waals surface area (Å²) in [7, 11) is 0. The smallest absolute Gasteiger partial charge is 0.243 e. The van der Waals surface area contributed by atoms with Gasteiger partial charge in [0.2, 0.25) is 17.7 Å².